The highest BCUT2D eigenvalue weighted by atomic mass is 127. The number of rotatable bonds is 3. The Morgan fingerprint density at radius 1 is 1.14 bits per heavy atom. The van der Waals surface area contributed by atoms with Crippen molar-refractivity contribution in [2.24, 2.45) is 0 Å². The number of nitrogens with zero attached hydrogens (tertiary/aromatic N) is 2. The quantitative estimate of drug-likeness (QED) is 0.783. The van der Waals surface area contributed by atoms with E-state index < -0.39 is 0 Å². The molecule has 0 bridgehead atoms. The van der Waals surface area contributed by atoms with Crippen molar-refractivity contribution in [1.29, 1.82) is 0 Å². The highest BCUT2D eigenvalue weighted by molar-refractivity contribution is 14.1. The van der Waals surface area contributed by atoms with E-state index in [0.29, 0.717) is 9.39 Å². The topological polar surface area (TPSA) is 61.0 Å². The van der Waals surface area contributed by atoms with E-state index in [9.17, 15) is 4.79 Å². The minimum Gasteiger partial charge on any atom is -0.372 e. The van der Waals surface area contributed by atoms with Crippen LogP contribution in [0.3, 0.4) is 0 Å². The number of hydrogen-bond acceptors (Lipinski definition) is 4. The van der Waals surface area contributed by atoms with E-state index >= 15 is 0 Å². The van der Waals surface area contributed by atoms with Gasteiger partial charge < -0.3 is 15.2 Å². The average molecular weight is 396 g/mol. The average Bonchev–Trinajstić information content (AvgIpc) is 2.53. The lowest BCUT2D eigenvalue weighted by Gasteiger charge is -2.28. The summed E-state index contributed by atoms with van der Waals surface area (Å²) in [6.45, 7) is 2.28. The van der Waals surface area contributed by atoms with Crippen LogP contribution < -0.4 is 15.8 Å². The maximum absolute atomic E-state index is 11.5. The van der Waals surface area contributed by atoms with Crippen LogP contribution >= 0.6 is 22.6 Å². The second-order valence-electron chi connectivity index (χ2n) is 5.11. The molecular formula is C15H17IN4O. The first kappa shape index (κ1) is 14.4. The number of halogens is 1. The van der Waals surface area contributed by atoms with E-state index in [2.05, 4.69) is 32.3 Å². The molecule has 1 aromatic carbocycles. The number of aromatic amines is 1. The van der Waals surface area contributed by atoms with E-state index in [1.54, 1.807) is 0 Å². The molecular weight excluding hydrogens is 379 g/mol. The van der Waals surface area contributed by atoms with Crippen molar-refractivity contribution in [3.63, 3.8) is 0 Å². The highest BCUT2D eigenvalue weighted by Gasteiger charge is 2.11. The summed E-state index contributed by atoms with van der Waals surface area (Å²) in [6, 6.07) is 8.30. The molecule has 0 saturated carbocycles. The molecule has 1 aliphatic heterocycles. The van der Waals surface area contributed by atoms with Gasteiger partial charge in [0.1, 0.15) is 3.57 Å². The zero-order valence-corrected chi connectivity index (χ0v) is 13.8. The molecule has 0 spiro atoms. The molecule has 21 heavy (non-hydrogen) atoms. The highest BCUT2D eigenvalue weighted by Crippen LogP contribution is 2.23. The van der Waals surface area contributed by atoms with Crippen LogP contribution in [-0.4, -0.2) is 23.1 Å². The molecule has 0 radical (unpaired) electrons. The Kier molecular flexibility index (Phi) is 4.42. The van der Waals surface area contributed by atoms with Crippen molar-refractivity contribution in [3.05, 3.63) is 44.5 Å². The maximum Gasteiger partial charge on any atom is 0.266 e. The van der Waals surface area contributed by atoms with Gasteiger partial charge in [0.25, 0.3) is 5.56 Å². The first-order valence-electron chi connectivity index (χ1n) is 7.09. The fourth-order valence-electron chi connectivity index (χ4n) is 2.51. The smallest absolute Gasteiger partial charge is 0.266 e. The first-order valence-corrected chi connectivity index (χ1v) is 8.17. The van der Waals surface area contributed by atoms with Gasteiger partial charge in [0.2, 0.25) is 0 Å². The predicted molar refractivity (Wildman–Crippen MR) is 93.4 cm³/mol. The first-order chi connectivity index (χ1) is 10.2. The fraction of sp³-hybridized carbons (Fsp3) is 0.333. The Bertz CT molecular complexity index is 662. The lowest BCUT2D eigenvalue weighted by atomic mass is 10.1. The van der Waals surface area contributed by atoms with Gasteiger partial charge in [0.05, 0.1) is 6.33 Å². The zero-order chi connectivity index (χ0) is 14.7. The van der Waals surface area contributed by atoms with Crippen LogP contribution in [-0.2, 0) is 0 Å². The standard InChI is InChI=1S/C15H17IN4O/c16-13-14(17-10-18-15(13)21)19-11-4-6-12(7-5-11)20-8-2-1-3-9-20/h4-7,10H,1-3,8-9H2,(H2,17,18,19,21). The summed E-state index contributed by atoms with van der Waals surface area (Å²) in [6.07, 6.45) is 5.29. The van der Waals surface area contributed by atoms with Crippen molar-refractivity contribution >= 4 is 39.8 Å². The van der Waals surface area contributed by atoms with E-state index in [-0.39, 0.29) is 5.56 Å². The number of piperidine rings is 1. The SMILES string of the molecule is O=c1[nH]cnc(Nc2ccc(N3CCCCC3)cc2)c1I. The lowest BCUT2D eigenvalue weighted by Crippen LogP contribution is -2.29. The lowest BCUT2D eigenvalue weighted by molar-refractivity contribution is 0.578. The molecule has 0 aliphatic carbocycles. The van der Waals surface area contributed by atoms with Crippen molar-refractivity contribution in [3.8, 4) is 0 Å². The van der Waals surface area contributed by atoms with Crippen molar-refractivity contribution in [2.45, 2.75) is 19.3 Å². The van der Waals surface area contributed by atoms with Gasteiger partial charge in [-0.3, -0.25) is 4.79 Å². The van der Waals surface area contributed by atoms with Crippen LogP contribution in [0.4, 0.5) is 17.2 Å². The second kappa shape index (κ2) is 6.46. The zero-order valence-electron chi connectivity index (χ0n) is 11.6. The summed E-state index contributed by atoms with van der Waals surface area (Å²) >= 11 is 2.00. The van der Waals surface area contributed by atoms with Gasteiger partial charge in [-0.1, -0.05) is 0 Å². The van der Waals surface area contributed by atoms with E-state index in [1.165, 1.54) is 31.3 Å². The largest absolute Gasteiger partial charge is 0.372 e. The molecule has 2 aromatic rings. The van der Waals surface area contributed by atoms with E-state index in [1.807, 2.05) is 34.7 Å². The van der Waals surface area contributed by atoms with E-state index in [0.717, 1.165) is 18.8 Å². The van der Waals surface area contributed by atoms with Gasteiger partial charge in [0, 0.05) is 24.5 Å². The van der Waals surface area contributed by atoms with Gasteiger partial charge in [-0.15, -0.1) is 0 Å². The Morgan fingerprint density at radius 2 is 1.86 bits per heavy atom. The molecule has 3 rings (SSSR count). The van der Waals surface area contributed by atoms with Crippen LogP contribution in [0.5, 0.6) is 0 Å². The monoisotopic (exact) mass is 396 g/mol. The molecule has 1 aromatic heterocycles. The number of benzene rings is 1. The number of hydrogen-bond donors (Lipinski definition) is 2. The van der Waals surface area contributed by atoms with Crippen LogP contribution in [0.15, 0.2) is 35.4 Å². The van der Waals surface area contributed by atoms with Gasteiger partial charge in [0.15, 0.2) is 5.82 Å². The Morgan fingerprint density at radius 3 is 2.57 bits per heavy atom. The summed E-state index contributed by atoms with van der Waals surface area (Å²) in [7, 11) is 0. The molecule has 2 N–H and O–H groups in total. The van der Waals surface area contributed by atoms with Gasteiger partial charge in [-0.05, 0) is 66.1 Å². The number of nitrogens with one attached hydrogen (secondary N) is 2. The third kappa shape index (κ3) is 3.37. The predicted octanol–water partition coefficient (Wildman–Crippen LogP) is 3.11. The summed E-state index contributed by atoms with van der Waals surface area (Å²) in [5.41, 5.74) is 2.07. The third-order valence-electron chi connectivity index (χ3n) is 3.65. The molecule has 0 atom stereocenters. The maximum atomic E-state index is 11.5. The second-order valence-corrected chi connectivity index (χ2v) is 6.19. The van der Waals surface area contributed by atoms with Crippen molar-refractivity contribution in [1.82, 2.24) is 9.97 Å². The molecule has 5 nitrogen and oxygen atoms in total. The van der Waals surface area contributed by atoms with Crippen LogP contribution in [0.2, 0.25) is 0 Å². The Balaban J connectivity index is 1.75. The van der Waals surface area contributed by atoms with Gasteiger partial charge >= 0.3 is 0 Å². The molecule has 1 saturated heterocycles. The Hall–Kier alpha value is -1.57. The van der Waals surface area contributed by atoms with Crippen molar-refractivity contribution in [2.75, 3.05) is 23.3 Å². The van der Waals surface area contributed by atoms with Gasteiger partial charge in [-0.2, -0.15) is 0 Å². The third-order valence-corrected chi connectivity index (χ3v) is 4.65. The van der Waals surface area contributed by atoms with Gasteiger partial charge in [-0.25, -0.2) is 4.98 Å². The molecule has 0 unspecified atom stereocenters. The van der Waals surface area contributed by atoms with E-state index in [4.69, 9.17) is 0 Å². The molecule has 0 amide bonds. The summed E-state index contributed by atoms with van der Waals surface area (Å²) in [5.74, 6) is 0.588. The van der Waals surface area contributed by atoms with Crippen LogP contribution in [0.25, 0.3) is 0 Å². The fourth-order valence-corrected chi connectivity index (χ4v) is 2.94. The molecule has 1 fully saturated rings. The van der Waals surface area contributed by atoms with Crippen LogP contribution in [0.1, 0.15) is 19.3 Å². The molecule has 110 valence electrons. The number of anilines is 3. The summed E-state index contributed by atoms with van der Waals surface area (Å²) in [4.78, 5) is 20.7. The molecule has 2 heterocycles. The summed E-state index contributed by atoms with van der Waals surface area (Å²) < 4.78 is 0.565. The summed E-state index contributed by atoms with van der Waals surface area (Å²) in [5, 5.41) is 3.19. The normalized spacial score (nSPS) is 15.0. The number of aromatic nitrogens is 2. The molecule has 1 aliphatic rings. The minimum absolute atomic E-state index is 0.127. The Labute approximate surface area is 136 Å². The van der Waals surface area contributed by atoms with Crippen LogP contribution in [0, 0.1) is 3.57 Å². The number of H-pyrrole nitrogens is 1. The molecule has 6 heteroatoms. The minimum atomic E-state index is -0.127. The van der Waals surface area contributed by atoms with Crippen molar-refractivity contribution < 1.29 is 0 Å².